The summed E-state index contributed by atoms with van der Waals surface area (Å²) >= 11 is 0. The molecule has 2 aromatic carbocycles. The van der Waals surface area contributed by atoms with E-state index in [1.807, 2.05) is 19.1 Å². The Hall–Kier alpha value is -1.71. The fourth-order valence-electron chi connectivity index (χ4n) is 1.89. The zero-order valence-electron chi connectivity index (χ0n) is 9.21. The second kappa shape index (κ2) is 4.28. The molecule has 0 unspecified atom stereocenters. The molecule has 0 aliphatic heterocycles. The minimum Gasteiger partial charge on any atom is -0.405 e. The maximum absolute atomic E-state index is 12.3. The fraction of sp³-hybridized carbons (Fsp3) is 0.231. The van der Waals surface area contributed by atoms with Crippen LogP contribution in [0.1, 0.15) is 12.5 Å². The second-order valence-corrected chi connectivity index (χ2v) is 3.67. The Balaban J connectivity index is 2.62. The van der Waals surface area contributed by atoms with Crippen molar-refractivity contribution in [3.05, 3.63) is 42.0 Å². The smallest absolute Gasteiger partial charge is 0.405 e. The molecule has 0 fully saturated rings. The first-order valence-corrected chi connectivity index (χ1v) is 5.27. The van der Waals surface area contributed by atoms with Gasteiger partial charge in [0.25, 0.3) is 0 Å². The Kier molecular flexibility index (Phi) is 2.96. The van der Waals surface area contributed by atoms with E-state index < -0.39 is 6.36 Å². The third kappa shape index (κ3) is 2.52. The van der Waals surface area contributed by atoms with Crippen LogP contribution in [0.5, 0.6) is 5.75 Å². The van der Waals surface area contributed by atoms with E-state index in [2.05, 4.69) is 4.74 Å². The van der Waals surface area contributed by atoms with Gasteiger partial charge in [0, 0.05) is 5.39 Å². The number of rotatable bonds is 2. The Morgan fingerprint density at radius 2 is 1.71 bits per heavy atom. The molecular weight excluding hydrogens is 229 g/mol. The molecule has 0 aliphatic carbocycles. The number of halogens is 3. The lowest BCUT2D eigenvalue weighted by molar-refractivity contribution is -0.274. The molecule has 0 saturated heterocycles. The molecule has 2 aromatic rings. The zero-order valence-corrected chi connectivity index (χ0v) is 9.21. The second-order valence-electron chi connectivity index (χ2n) is 3.67. The molecule has 17 heavy (non-hydrogen) atoms. The van der Waals surface area contributed by atoms with Crippen molar-refractivity contribution < 1.29 is 17.9 Å². The summed E-state index contributed by atoms with van der Waals surface area (Å²) in [5.41, 5.74) is 0.849. The van der Waals surface area contributed by atoms with E-state index in [0.29, 0.717) is 11.8 Å². The third-order valence-corrected chi connectivity index (χ3v) is 2.56. The van der Waals surface area contributed by atoms with Crippen LogP contribution in [-0.2, 0) is 6.42 Å². The molecule has 0 bridgehead atoms. The molecule has 0 spiro atoms. The van der Waals surface area contributed by atoms with Crippen molar-refractivity contribution in [1.29, 1.82) is 0 Å². The van der Waals surface area contributed by atoms with Gasteiger partial charge in [-0.25, -0.2) is 0 Å². The SMILES string of the molecule is CCc1cccc2cccc(OC(F)(F)F)c12. The molecule has 0 radical (unpaired) electrons. The predicted molar refractivity (Wildman–Crippen MR) is 60.0 cm³/mol. The summed E-state index contributed by atoms with van der Waals surface area (Å²) in [6, 6.07) is 10.1. The Morgan fingerprint density at radius 3 is 2.29 bits per heavy atom. The molecule has 0 amide bonds. The number of ether oxygens (including phenoxy) is 1. The average molecular weight is 240 g/mol. The lowest BCUT2D eigenvalue weighted by Gasteiger charge is -2.13. The van der Waals surface area contributed by atoms with Crippen molar-refractivity contribution in [1.82, 2.24) is 0 Å². The highest BCUT2D eigenvalue weighted by molar-refractivity contribution is 5.91. The normalized spacial score (nSPS) is 11.8. The highest BCUT2D eigenvalue weighted by atomic mass is 19.4. The molecule has 4 heteroatoms. The summed E-state index contributed by atoms with van der Waals surface area (Å²) < 4.78 is 40.9. The number of hydrogen-bond donors (Lipinski definition) is 0. The summed E-state index contributed by atoms with van der Waals surface area (Å²) in [5, 5.41) is 1.29. The van der Waals surface area contributed by atoms with E-state index in [1.54, 1.807) is 18.2 Å². The fourth-order valence-corrected chi connectivity index (χ4v) is 1.89. The van der Waals surface area contributed by atoms with Crippen LogP contribution in [0.15, 0.2) is 36.4 Å². The number of alkyl halides is 3. The quantitative estimate of drug-likeness (QED) is 0.760. The summed E-state index contributed by atoms with van der Waals surface area (Å²) in [7, 11) is 0. The molecule has 2 rings (SSSR count). The van der Waals surface area contributed by atoms with E-state index in [0.717, 1.165) is 10.9 Å². The van der Waals surface area contributed by atoms with Crippen LogP contribution in [0, 0.1) is 0 Å². The van der Waals surface area contributed by atoms with Gasteiger partial charge in [0.1, 0.15) is 5.75 Å². The number of benzene rings is 2. The molecule has 0 saturated carbocycles. The van der Waals surface area contributed by atoms with Crippen LogP contribution in [0.4, 0.5) is 13.2 Å². The first kappa shape index (κ1) is 11.8. The van der Waals surface area contributed by atoms with E-state index in [1.165, 1.54) is 6.07 Å². The monoisotopic (exact) mass is 240 g/mol. The van der Waals surface area contributed by atoms with Gasteiger partial charge in [-0.05, 0) is 23.4 Å². The Labute approximate surface area is 96.8 Å². The lowest BCUT2D eigenvalue weighted by atomic mass is 10.0. The average Bonchev–Trinajstić information content (AvgIpc) is 2.26. The predicted octanol–water partition coefficient (Wildman–Crippen LogP) is 4.30. The lowest BCUT2D eigenvalue weighted by Crippen LogP contribution is -2.17. The van der Waals surface area contributed by atoms with E-state index >= 15 is 0 Å². The van der Waals surface area contributed by atoms with Crippen LogP contribution in [0.25, 0.3) is 10.8 Å². The largest absolute Gasteiger partial charge is 0.573 e. The molecule has 90 valence electrons. The highest BCUT2D eigenvalue weighted by Gasteiger charge is 2.31. The van der Waals surface area contributed by atoms with Gasteiger partial charge in [-0.2, -0.15) is 0 Å². The van der Waals surface area contributed by atoms with Crippen molar-refractivity contribution in [3.8, 4) is 5.75 Å². The maximum Gasteiger partial charge on any atom is 0.573 e. The van der Waals surface area contributed by atoms with Gasteiger partial charge >= 0.3 is 6.36 Å². The molecule has 0 aliphatic rings. The molecule has 0 heterocycles. The summed E-state index contributed by atoms with van der Waals surface area (Å²) in [6.07, 6.45) is -4.00. The summed E-state index contributed by atoms with van der Waals surface area (Å²) in [4.78, 5) is 0. The van der Waals surface area contributed by atoms with Crippen LogP contribution < -0.4 is 4.74 Å². The van der Waals surface area contributed by atoms with Gasteiger partial charge in [-0.1, -0.05) is 37.3 Å². The molecular formula is C13H11F3O. The van der Waals surface area contributed by atoms with Crippen molar-refractivity contribution in [2.75, 3.05) is 0 Å². The van der Waals surface area contributed by atoms with Gasteiger partial charge < -0.3 is 4.74 Å². The van der Waals surface area contributed by atoms with E-state index in [9.17, 15) is 13.2 Å². The van der Waals surface area contributed by atoms with E-state index in [4.69, 9.17) is 0 Å². The highest BCUT2D eigenvalue weighted by Crippen LogP contribution is 2.33. The standard InChI is InChI=1S/C13H11F3O/c1-2-9-5-3-6-10-7-4-8-11(12(9)10)17-13(14,15)16/h3-8H,2H2,1H3. The maximum atomic E-state index is 12.3. The van der Waals surface area contributed by atoms with Crippen LogP contribution in [0.3, 0.4) is 0 Å². The Morgan fingerprint density at radius 1 is 1.06 bits per heavy atom. The molecule has 0 N–H and O–H groups in total. The number of aryl methyl sites for hydroxylation is 1. The number of hydrogen-bond acceptors (Lipinski definition) is 1. The summed E-state index contributed by atoms with van der Waals surface area (Å²) in [5.74, 6) is -0.132. The minimum absolute atomic E-state index is 0.132. The van der Waals surface area contributed by atoms with Crippen LogP contribution in [-0.4, -0.2) is 6.36 Å². The topological polar surface area (TPSA) is 9.23 Å². The van der Waals surface area contributed by atoms with E-state index in [-0.39, 0.29) is 5.75 Å². The van der Waals surface area contributed by atoms with Crippen LogP contribution in [0.2, 0.25) is 0 Å². The van der Waals surface area contributed by atoms with Gasteiger partial charge in [0.2, 0.25) is 0 Å². The van der Waals surface area contributed by atoms with Gasteiger partial charge in [0.15, 0.2) is 0 Å². The van der Waals surface area contributed by atoms with Crippen molar-refractivity contribution in [3.63, 3.8) is 0 Å². The molecule has 0 aromatic heterocycles. The van der Waals surface area contributed by atoms with Crippen LogP contribution >= 0.6 is 0 Å². The van der Waals surface area contributed by atoms with Gasteiger partial charge in [0.05, 0.1) is 0 Å². The molecule has 0 atom stereocenters. The van der Waals surface area contributed by atoms with Crippen molar-refractivity contribution >= 4 is 10.8 Å². The first-order valence-electron chi connectivity index (χ1n) is 5.27. The zero-order chi connectivity index (χ0) is 12.5. The first-order chi connectivity index (χ1) is 8.01. The third-order valence-electron chi connectivity index (χ3n) is 2.56. The Bertz CT molecular complexity index is 526. The summed E-state index contributed by atoms with van der Waals surface area (Å²) in [6.45, 7) is 1.90. The minimum atomic E-state index is -4.66. The van der Waals surface area contributed by atoms with Crippen molar-refractivity contribution in [2.45, 2.75) is 19.7 Å². The molecule has 1 nitrogen and oxygen atoms in total. The van der Waals surface area contributed by atoms with Crippen molar-refractivity contribution in [2.24, 2.45) is 0 Å². The van der Waals surface area contributed by atoms with Gasteiger partial charge in [-0.3, -0.25) is 0 Å². The van der Waals surface area contributed by atoms with Gasteiger partial charge in [-0.15, -0.1) is 13.2 Å². The number of fused-ring (bicyclic) bond motifs is 1.